The van der Waals surface area contributed by atoms with Crippen LogP contribution in [0, 0.1) is 0 Å². The molecule has 1 aromatic rings. The molecule has 2 N–H and O–H groups in total. The molecule has 1 atom stereocenters. The number of hydrogen-bond acceptors (Lipinski definition) is 5. The highest BCUT2D eigenvalue weighted by atomic mass is 35.5. The van der Waals surface area contributed by atoms with Gasteiger partial charge in [-0.15, -0.1) is 0 Å². The summed E-state index contributed by atoms with van der Waals surface area (Å²) in [5, 5.41) is 12.4. The lowest BCUT2D eigenvalue weighted by Crippen LogP contribution is -2.41. The van der Waals surface area contributed by atoms with Gasteiger partial charge in [0.2, 0.25) is 0 Å². The summed E-state index contributed by atoms with van der Waals surface area (Å²) in [6.45, 7) is 0. The first-order chi connectivity index (χ1) is 8.79. The average Bonchev–Trinajstić information content (AvgIpc) is 2.64. The average molecular weight is 328 g/mol. The number of hydrogen-bond donors (Lipinski definition) is 2. The normalized spacial score (nSPS) is 13.4. The van der Waals surface area contributed by atoms with Crippen LogP contribution in [0.4, 0.5) is 0 Å². The number of nitrogens with zero attached hydrogens (tertiary/aromatic N) is 2. The molecule has 0 aliphatic carbocycles. The van der Waals surface area contributed by atoms with Crippen molar-refractivity contribution in [3.8, 4) is 0 Å². The predicted octanol–water partition coefficient (Wildman–Crippen LogP) is 0.558. The zero-order chi connectivity index (χ0) is 14.6. The monoisotopic (exact) mass is 327 g/mol. The van der Waals surface area contributed by atoms with Crippen molar-refractivity contribution >= 4 is 39.4 Å². The summed E-state index contributed by atoms with van der Waals surface area (Å²) in [6, 6.07) is -1.19. The van der Waals surface area contributed by atoms with E-state index in [0.717, 1.165) is 4.68 Å². The summed E-state index contributed by atoms with van der Waals surface area (Å²) >= 11 is 7.18. The van der Waals surface area contributed by atoms with Crippen LogP contribution in [0.1, 0.15) is 6.42 Å². The Morgan fingerprint density at radius 2 is 2.32 bits per heavy atom. The van der Waals surface area contributed by atoms with Gasteiger partial charge < -0.3 is 5.11 Å². The molecule has 0 saturated heterocycles. The van der Waals surface area contributed by atoms with E-state index in [1.54, 1.807) is 0 Å². The first-order valence-corrected chi connectivity index (χ1v) is 8.46. The maximum atomic E-state index is 12.1. The molecule has 0 fully saturated rings. The highest BCUT2D eigenvalue weighted by molar-refractivity contribution is 7.98. The Kier molecular flexibility index (Phi) is 5.65. The second kappa shape index (κ2) is 6.60. The molecule has 0 aliphatic heterocycles. The number of carboxylic acids is 1. The summed E-state index contributed by atoms with van der Waals surface area (Å²) in [6.07, 6.45) is 3.18. The quantitative estimate of drug-likeness (QED) is 0.758. The first kappa shape index (κ1) is 16.3. The molecule has 1 rings (SSSR count). The van der Waals surface area contributed by atoms with Crippen molar-refractivity contribution in [2.75, 3.05) is 12.0 Å². The Hall–Kier alpha value is -0.770. The molecule has 0 aromatic carbocycles. The summed E-state index contributed by atoms with van der Waals surface area (Å²) in [5.74, 6) is -0.700. The maximum Gasteiger partial charge on any atom is 0.321 e. The van der Waals surface area contributed by atoms with E-state index in [-0.39, 0.29) is 16.5 Å². The van der Waals surface area contributed by atoms with Crippen LogP contribution in [0.15, 0.2) is 11.2 Å². The molecule has 108 valence electrons. The fourth-order valence-corrected chi connectivity index (χ4v) is 3.76. The smallest absolute Gasteiger partial charge is 0.321 e. The van der Waals surface area contributed by atoms with Crippen molar-refractivity contribution in [1.82, 2.24) is 14.5 Å². The van der Waals surface area contributed by atoms with Crippen molar-refractivity contribution in [1.29, 1.82) is 0 Å². The summed E-state index contributed by atoms with van der Waals surface area (Å²) in [4.78, 5) is 11.0. The predicted molar refractivity (Wildman–Crippen MR) is 73.0 cm³/mol. The molecule has 0 radical (unpaired) electrons. The molecule has 7 nitrogen and oxygen atoms in total. The Morgan fingerprint density at radius 1 is 1.68 bits per heavy atom. The van der Waals surface area contributed by atoms with Crippen LogP contribution in [0.3, 0.4) is 0 Å². The fourth-order valence-electron chi connectivity index (χ4n) is 1.41. The van der Waals surface area contributed by atoms with Gasteiger partial charge in [-0.1, -0.05) is 11.6 Å². The minimum Gasteiger partial charge on any atom is -0.480 e. The molecule has 1 aromatic heterocycles. The van der Waals surface area contributed by atoms with Gasteiger partial charge in [0.05, 0.1) is 11.2 Å². The number of thioether (sulfide) groups is 1. The van der Waals surface area contributed by atoms with Gasteiger partial charge in [-0.3, -0.25) is 9.48 Å². The van der Waals surface area contributed by atoms with Crippen LogP contribution in [0.25, 0.3) is 0 Å². The third-order valence-electron chi connectivity index (χ3n) is 2.30. The Balaban J connectivity index is 2.98. The van der Waals surface area contributed by atoms with E-state index in [2.05, 4.69) is 9.82 Å². The summed E-state index contributed by atoms with van der Waals surface area (Å²) < 4.78 is 27.4. The van der Waals surface area contributed by atoms with Crippen LogP contribution in [-0.2, 0) is 21.9 Å². The second-order valence-electron chi connectivity index (χ2n) is 3.71. The Bertz CT molecular complexity index is 538. The van der Waals surface area contributed by atoms with Crippen LogP contribution < -0.4 is 4.72 Å². The minimum atomic E-state index is -4.02. The van der Waals surface area contributed by atoms with Gasteiger partial charge in [-0.25, -0.2) is 8.42 Å². The fraction of sp³-hybridized carbons (Fsp3) is 0.556. The lowest BCUT2D eigenvalue weighted by Gasteiger charge is -2.14. The van der Waals surface area contributed by atoms with Crippen LogP contribution in [0.2, 0.25) is 5.02 Å². The van der Waals surface area contributed by atoms with Crippen molar-refractivity contribution in [2.45, 2.75) is 17.5 Å². The Labute approximate surface area is 120 Å². The summed E-state index contributed by atoms with van der Waals surface area (Å²) in [7, 11) is -2.61. The van der Waals surface area contributed by atoms with E-state index in [1.807, 2.05) is 6.26 Å². The molecule has 0 spiro atoms. The van der Waals surface area contributed by atoms with Gasteiger partial charge >= 0.3 is 5.97 Å². The molecule has 0 amide bonds. The lowest BCUT2D eigenvalue weighted by molar-refractivity contribution is -0.139. The molecule has 10 heteroatoms. The van der Waals surface area contributed by atoms with E-state index in [4.69, 9.17) is 16.7 Å². The molecule has 1 heterocycles. The zero-order valence-electron chi connectivity index (χ0n) is 10.3. The van der Waals surface area contributed by atoms with Crippen molar-refractivity contribution in [2.24, 2.45) is 7.05 Å². The van der Waals surface area contributed by atoms with Gasteiger partial charge in [0.1, 0.15) is 6.04 Å². The lowest BCUT2D eigenvalue weighted by atomic mass is 10.2. The van der Waals surface area contributed by atoms with Crippen LogP contribution in [0.5, 0.6) is 0 Å². The van der Waals surface area contributed by atoms with E-state index in [9.17, 15) is 13.2 Å². The van der Waals surface area contributed by atoms with Gasteiger partial charge in [0, 0.05) is 7.05 Å². The molecule has 0 unspecified atom stereocenters. The third-order valence-corrected chi connectivity index (χ3v) is 4.92. The highest BCUT2D eigenvalue weighted by Gasteiger charge is 2.29. The number of aromatic nitrogens is 2. The third kappa shape index (κ3) is 4.10. The molecule has 0 saturated carbocycles. The minimum absolute atomic E-state index is 0.0518. The summed E-state index contributed by atoms with van der Waals surface area (Å²) in [5.41, 5.74) is 0. The zero-order valence-corrected chi connectivity index (χ0v) is 12.7. The largest absolute Gasteiger partial charge is 0.480 e. The van der Waals surface area contributed by atoms with Gasteiger partial charge in [0.25, 0.3) is 10.0 Å². The molecule has 0 aliphatic rings. The maximum absolute atomic E-state index is 12.1. The number of sulfonamides is 1. The molecule has 19 heavy (non-hydrogen) atoms. The number of carbonyl (C=O) groups is 1. The topological polar surface area (TPSA) is 101 Å². The van der Waals surface area contributed by atoms with E-state index in [1.165, 1.54) is 25.0 Å². The van der Waals surface area contributed by atoms with Gasteiger partial charge in [-0.2, -0.15) is 21.6 Å². The van der Waals surface area contributed by atoms with E-state index < -0.39 is 22.0 Å². The standard InChI is InChI=1S/C9H14ClN3O4S2/c1-13-8(6(10)5-11-13)19(16,17)12-7(9(14)15)3-4-18-2/h5,7,12H,3-4H2,1-2H3,(H,14,15)/t7-/m1/s1. The van der Waals surface area contributed by atoms with Gasteiger partial charge in [-0.05, 0) is 18.4 Å². The molecule has 0 bridgehead atoms. The Morgan fingerprint density at radius 3 is 2.74 bits per heavy atom. The molecular weight excluding hydrogens is 314 g/mol. The number of carboxylic acid groups (broad SMARTS) is 1. The number of aryl methyl sites for hydroxylation is 1. The number of aliphatic carboxylic acids is 1. The highest BCUT2D eigenvalue weighted by Crippen LogP contribution is 2.20. The van der Waals surface area contributed by atoms with Crippen molar-refractivity contribution in [3.05, 3.63) is 11.2 Å². The van der Waals surface area contributed by atoms with E-state index in [0.29, 0.717) is 5.75 Å². The first-order valence-electron chi connectivity index (χ1n) is 5.21. The van der Waals surface area contributed by atoms with Crippen LogP contribution >= 0.6 is 23.4 Å². The second-order valence-corrected chi connectivity index (χ2v) is 6.74. The number of rotatable bonds is 7. The number of nitrogens with one attached hydrogen (secondary N) is 1. The number of halogens is 1. The molecular formula is C9H14ClN3O4S2. The van der Waals surface area contributed by atoms with Crippen LogP contribution in [-0.4, -0.2) is 47.3 Å². The van der Waals surface area contributed by atoms with E-state index >= 15 is 0 Å². The van der Waals surface area contributed by atoms with Gasteiger partial charge in [0.15, 0.2) is 5.03 Å². The van der Waals surface area contributed by atoms with Crippen molar-refractivity contribution in [3.63, 3.8) is 0 Å². The van der Waals surface area contributed by atoms with Crippen molar-refractivity contribution < 1.29 is 18.3 Å². The SMILES string of the molecule is CSCC[C@@H](NS(=O)(=O)c1c(Cl)cnn1C)C(=O)O.